The van der Waals surface area contributed by atoms with Crippen molar-refractivity contribution in [2.45, 2.75) is 5.51 Å². The van der Waals surface area contributed by atoms with Crippen LogP contribution in [0.15, 0.2) is 449 Å². The van der Waals surface area contributed by atoms with Gasteiger partial charge < -0.3 is 42.7 Å². The average Bonchev–Trinajstić information content (AvgIpc) is 1.60. The van der Waals surface area contributed by atoms with E-state index in [1.54, 1.807) is 60.7 Å². The number of halogens is 4. The molecule has 0 amide bonds. The third kappa shape index (κ3) is 20.0. The molecular weight excluding hydrogens is 1800 g/mol. The molecule has 0 atom stereocenters. The number of terminal acetylenes is 1. The second-order valence-corrected chi connectivity index (χ2v) is 33.4. The number of rotatable bonds is 8. The van der Waals surface area contributed by atoms with Crippen LogP contribution in [0, 0.1) is 51.4 Å². The highest BCUT2D eigenvalue weighted by Gasteiger charge is 2.49. The molecule has 4 heterocycles. The number of benzene rings is 18. The molecule has 22 aromatic rings. The molecule has 11 nitrogen and oxygen atoms in total. The minimum Gasteiger partial charge on any atom is -0.507 e. The van der Waals surface area contributed by atoms with Crippen molar-refractivity contribution in [3.8, 4) is 99.0 Å². The lowest BCUT2D eigenvalue weighted by atomic mass is 9.81. The molecule has 18 aromatic carbocycles. The van der Waals surface area contributed by atoms with Crippen LogP contribution < -0.4 is 9.65 Å². The summed E-state index contributed by atoms with van der Waals surface area (Å²) in [6, 6.07) is 146. The zero-order valence-corrected chi connectivity index (χ0v) is 74.6. The quantitative estimate of drug-likeness (QED) is 0.0390. The van der Waals surface area contributed by atoms with Gasteiger partial charge in [0.1, 0.15) is 11.5 Å². The number of phenols is 2. The van der Waals surface area contributed by atoms with E-state index in [0.29, 0.717) is 33.2 Å². The van der Waals surface area contributed by atoms with Gasteiger partial charge in [-0.05, 0) is 191 Å². The van der Waals surface area contributed by atoms with Crippen molar-refractivity contribution < 1.29 is 46.0 Å². The van der Waals surface area contributed by atoms with Gasteiger partial charge >= 0.3 is 22.7 Å². The number of hydrogen-bond acceptors (Lipinski definition) is 7. The number of nitrogens with zero attached hydrogens (tertiary/aromatic N) is 4. The molecule has 0 aliphatic carbocycles. The molecule has 646 valence electrons. The van der Waals surface area contributed by atoms with Gasteiger partial charge in [-0.1, -0.05) is 320 Å². The first kappa shape index (κ1) is 89.2. The molecule has 4 aromatic heterocycles. The van der Waals surface area contributed by atoms with Crippen molar-refractivity contribution in [3.05, 3.63) is 491 Å². The molecule has 0 saturated heterocycles. The van der Waals surface area contributed by atoms with Gasteiger partial charge in [0.2, 0.25) is 0 Å². The number of phenolic OH excluding ortho intramolecular Hbond substituents is 2. The Hall–Kier alpha value is -16.7. The van der Waals surface area contributed by atoms with Crippen molar-refractivity contribution in [2.75, 3.05) is 0 Å². The van der Waals surface area contributed by atoms with Gasteiger partial charge in [-0.3, -0.25) is 0 Å². The lowest BCUT2D eigenvalue weighted by Crippen LogP contribution is -2.29. The van der Waals surface area contributed by atoms with E-state index in [1.165, 1.54) is 38.8 Å². The standard InChI is InChI=1S/C32H21N.C27H16F3NO3S.C26H17NO.C18H12INO.C8H6.C6H7BO2/c1-4-12-24(13-5-1)20-21-26-22-30-28-18-10-11-19-31(28)33(27-16-8-3-9-17-27)32(30)23-29(26)25-14-6-2-7-15-25;28-27(29,30)35(32,33)34-26-18-25-23(17-20(26)16-15-19-9-3-1-4-10-19)22-13-7-8-14-24(22)31(25)21-11-5-2-6-12-21;28-26-18-25-23(17-20(26)16-15-19-9-3-1-4-10-19)22-13-7-8-14-24(22)27(25)21-11-5-2-6-12-21;19-15-10-14-13-8-4-5-9-16(13)20(17(14)11-18(15)21)12-6-2-1-3-7-12;1-2-8-6-4-3-5-7-8;8-7(9)6-4-2-1-3-5-6/h1-19,22-23H;1-14,17-18H;1-14,17-18,28H;1-11,21H;1,3-7H;1-5,8-9H. The average molecular weight is 1880 g/mol. The molecule has 0 aliphatic rings. The summed E-state index contributed by atoms with van der Waals surface area (Å²) in [4.78, 5) is 0. The molecule has 0 bridgehead atoms. The first-order valence-corrected chi connectivity index (χ1v) is 45.2. The maximum absolute atomic E-state index is 13.2. The highest BCUT2D eigenvalue weighted by Crippen LogP contribution is 2.42. The van der Waals surface area contributed by atoms with Gasteiger partial charge in [-0.15, -0.1) is 6.42 Å². The maximum Gasteiger partial charge on any atom is 0.534 e. The minimum absolute atomic E-state index is 0.0187. The summed E-state index contributed by atoms with van der Waals surface area (Å²) < 4.78 is 77.4. The van der Waals surface area contributed by atoms with E-state index in [9.17, 15) is 31.8 Å². The third-order valence-corrected chi connectivity index (χ3v) is 24.0. The largest absolute Gasteiger partial charge is 0.534 e. The Balaban J connectivity index is 0.000000118. The predicted octanol–water partition coefficient (Wildman–Crippen LogP) is 26.3. The molecule has 0 aliphatic heterocycles. The van der Waals surface area contributed by atoms with Crippen LogP contribution in [-0.4, -0.2) is 59.6 Å². The van der Waals surface area contributed by atoms with Crippen LogP contribution in [0.3, 0.4) is 0 Å². The first-order chi connectivity index (χ1) is 65.4. The zero-order chi connectivity index (χ0) is 92.5. The van der Waals surface area contributed by atoms with Crippen LogP contribution in [0.2, 0.25) is 0 Å². The zero-order valence-electron chi connectivity index (χ0n) is 71.6. The van der Waals surface area contributed by atoms with Gasteiger partial charge in [0.15, 0.2) is 5.75 Å². The molecule has 17 heteroatoms. The molecule has 0 saturated carbocycles. The van der Waals surface area contributed by atoms with Crippen molar-refractivity contribution >= 4 is 133 Å². The Morgan fingerprint density at radius 1 is 0.299 bits per heavy atom. The Kier molecular flexibility index (Phi) is 27.3. The Morgan fingerprint density at radius 3 is 0.933 bits per heavy atom. The monoisotopic (exact) mass is 1880 g/mol. The van der Waals surface area contributed by atoms with Gasteiger partial charge in [-0.2, -0.15) is 21.6 Å². The molecule has 0 radical (unpaired) electrons. The lowest BCUT2D eigenvalue weighted by Gasteiger charge is -2.12. The second kappa shape index (κ2) is 40.9. The number of alkyl halides is 3. The lowest BCUT2D eigenvalue weighted by molar-refractivity contribution is -0.0500. The fourth-order valence-electron chi connectivity index (χ4n) is 15.9. The molecule has 22 rings (SSSR count). The Morgan fingerprint density at radius 2 is 0.582 bits per heavy atom. The van der Waals surface area contributed by atoms with Crippen molar-refractivity contribution in [3.63, 3.8) is 0 Å². The summed E-state index contributed by atoms with van der Waals surface area (Å²) in [5.41, 5.74) is 14.4. The van der Waals surface area contributed by atoms with Gasteiger partial charge in [-0.25, -0.2) is 0 Å². The van der Waals surface area contributed by atoms with Gasteiger partial charge in [0.25, 0.3) is 0 Å². The summed E-state index contributed by atoms with van der Waals surface area (Å²) in [7, 11) is -7.25. The number of para-hydroxylation sites is 8. The van der Waals surface area contributed by atoms with Crippen LogP contribution >= 0.6 is 22.6 Å². The van der Waals surface area contributed by atoms with Gasteiger partial charge in [0, 0.05) is 112 Å². The maximum atomic E-state index is 13.2. The summed E-state index contributed by atoms with van der Waals surface area (Å²) in [6.45, 7) is 0. The summed E-state index contributed by atoms with van der Waals surface area (Å²) in [5, 5.41) is 46.5. The minimum atomic E-state index is -5.91. The topological polar surface area (TPSA) is 144 Å². The molecule has 134 heavy (non-hydrogen) atoms. The van der Waals surface area contributed by atoms with E-state index in [2.05, 4.69) is 246 Å². The summed E-state index contributed by atoms with van der Waals surface area (Å²) in [5.74, 6) is 21.3. The van der Waals surface area contributed by atoms with E-state index in [1.807, 2.05) is 223 Å². The van der Waals surface area contributed by atoms with Gasteiger partial charge in [0.05, 0.1) is 58.8 Å². The molecular formula is C117H79BF3IN4O7S. The Bertz CT molecular complexity index is 8340. The highest BCUT2D eigenvalue weighted by atomic mass is 127. The fraction of sp³-hybridized carbons (Fsp3) is 0.00855. The van der Waals surface area contributed by atoms with E-state index in [4.69, 9.17) is 16.5 Å². The van der Waals surface area contributed by atoms with Crippen LogP contribution in [0.1, 0.15) is 38.9 Å². The SMILES string of the molecule is C#Cc1ccccc1.C(#Cc1cc2c3ccccc3n(-c3ccccc3)c2cc1-c1ccccc1)c1ccccc1.O=S(=O)(Oc1cc2c(cc1C#Cc1ccccc1)c1ccccc1n2-c1ccccc1)C(F)(F)F.OB(O)c1ccccc1.Oc1cc2c(cc1C#Cc1ccccc1)c1ccccc1n2-c1ccccc1.Oc1cc2c(cc1I)c1ccccc1n2-c1ccccc1. The summed E-state index contributed by atoms with van der Waals surface area (Å²) in [6.07, 6.45) is 5.10. The number of aromatic nitrogens is 4. The van der Waals surface area contributed by atoms with Crippen molar-refractivity contribution in [2.24, 2.45) is 0 Å². The van der Waals surface area contributed by atoms with Crippen molar-refractivity contribution in [1.82, 2.24) is 18.3 Å². The molecule has 4 N–H and O–H groups in total. The predicted molar refractivity (Wildman–Crippen MR) is 548 cm³/mol. The van der Waals surface area contributed by atoms with E-state index >= 15 is 0 Å². The van der Waals surface area contributed by atoms with Crippen LogP contribution in [0.5, 0.6) is 17.2 Å². The van der Waals surface area contributed by atoms with E-state index in [0.717, 1.165) is 103 Å². The van der Waals surface area contributed by atoms with Crippen LogP contribution in [-0.2, 0) is 10.1 Å². The number of fused-ring (bicyclic) bond motifs is 12. The third-order valence-electron chi connectivity index (χ3n) is 22.1. The Labute approximate surface area is 786 Å². The van der Waals surface area contributed by atoms with Crippen molar-refractivity contribution in [1.29, 1.82) is 0 Å². The van der Waals surface area contributed by atoms with E-state index < -0.39 is 28.5 Å². The first-order valence-electron chi connectivity index (χ1n) is 42.7. The number of hydrogen-bond donors (Lipinski definition) is 4. The normalized spacial score (nSPS) is 10.8. The van der Waals surface area contributed by atoms with Crippen LogP contribution in [0.4, 0.5) is 13.2 Å². The molecule has 0 fully saturated rings. The smallest absolute Gasteiger partial charge is 0.507 e. The molecule has 0 unspecified atom stereocenters. The summed E-state index contributed by atoms with van der Waals surface area (Å²) >= 11 is 2.17. The molecule has 0 spiro atoms. The second-order valence-electron chi connectivity index (χ2n) is 30.7. The van der Waals surface area contributed by atoms with Crippen LogP contribution in [0.25, 0.3) is 121 Å². The van der Waals surface area contributed by atoms with E-state index in [-0.39, 0.29) is 11.3 Å². The number of aromatic hydroxyl groups is 2. The highest BCUT2D eigenvalue weighted by molar-refractivity contribution is 14.1. The fourth-order valence-corrected chi connectivity index (χ4v) is 16.9.